The van der Waals surface area contributed by atoms with Crippen LogP contribution < -0.4 is 10.6 Å². The molecule has 1 amide bonds. The highest BCUT2D eigenvalue weighted by molar-refractivity contribution is 7.80. The molecule has 2 N–H and O–H groups in total. The first-order chi connectivity index (χ1) is 12.2. The fourth-order valence-corrected chi connectivity index (χ4v) is 4.92. The van der Waals surface area contributed by atoms with Gasteiger partial charge in [-0.15, -0.1) is 11.3 Å². The summed E-state index contributed by atoms with van der Waals surface area (Å²) >= 11 is 7.44. The average molecular weight is 380 g/mol. The van der Waals surface area contributed by atoms with Crippen LogP contribution in [0.5, 0.6) is 0 Å². The van der Waals surface area contributed by atoms with Crippen LogP contribution in [0.2, 0.25) is 0 Å². The van der Waals surface area contributed by atoms with Crippen molar-refractivity contribution in [3.05, 3.63) is 22.4 Å². The number of carbonyl (C=O) groups excluding carboxylic acids is 1. The zero-order chi connectivity index (χ0) is 17.5. The summed E-state index contributed by atoms with van der Waals surface area (Å²) in [5.74, 6) is 0.0639. The Morgan fingerprint density at radius 2 is 1.88 bits per heavy atom. The van der Waals surface area contributed by atoms with Gasteiger partial charge in [0.25, 0.3) is 0 Å². The van der Waals surface area contributed by atoms with Crippen LogP contribution >= 0.6 is 23.6 Å². The van der Waals surface area contributed by atoms with Gasteiger partial charge in [0.1, 0.15) is 0 Å². The number of rotatable bonds is 6. The molecule has 0 aliphatic heterocycles. The highest BCUT2D eigenvalue weighted by atomic mass is 32.1. The van der Waals surface area contributed by atoms with Gasteiger partial charge >= 0.3 is 0 Å². The van der Waals surface area contributed by atoms with Crippen molar-refractivity contribution in [3.63, 3.8) is 0 Å². The summed E-state index contributed by atoms with van der Waals surface area (Å²) in [5.41, 5.74) is 0. The van der Waals surface area contributed by atoms with E-state index in [0.717, 1.165) is 24.5 Å². The molecule has 1 aromatic rings. The van der Waals surface area contributed by atoms with Crippen molar-refractivity contribution in [1.82, 2.24) is 15.5 Å². The Hall–Kier alpha value is -1.14. The van der Waals surface area contributed by atoms with Gasteiger partial charge < -0.3 is 15.5 Å². The number of nitrogens with one attached hydrogen (secondary N) is 2. The summed E-state index contributed by atoms with van der Waals surface area (Å²) in [4.78, 5) is 15.8. The van der Waals surface area contributed by atoms with E-state index in [0.29, 0.717) is 12.1 Å². The second-order valence-electron chi connectivity index (χ2n) is 7.21. The number of hydrogen-bond donors (Lipinski definition) is 2. The van der Waals surface area contributed by atoms with Gasteiger partial charge in [0.2, 0.25) is 5.91 Å². The maximum absolute atomic E-state index is 12.2. The van der Waals surface area contributed by atoms with Crippen molar-refractivity contribution < 1.29 is 4.79 Å². The first kappa shape index (κ1) is 18.6. The lowest BCUT2D eigenvalue weighted by atomic mass is 9.94. The van der Waals surface area contributed by atoms with E-state index < -0.39 is 0 Å². The molecule has 6 heteroatoms. The van der Waals surface area contributed by atoms with E-state index in [9.17, 15) is 4.79 Å². The topological polar surface area (TPSA) is 44.4 Å². The molecule has 0 radical (unpaired) electrons. The smallest absolute Gasteiger partial charge is 0.239 e. The first-order valence-electron chi connectivity index (χ1n) is 9.58. The number of thiocarbonyl (C=S) groups is 1. The molecular formula is C19H29N3OS2. The third kappa shape index (κ3) is 5.68. The summed E-state index contributed by atoms with van der Waals surface area (Å²) in [6.07, 6.45) is 11.0. The van der Waals surface area contributed by atoms with E-state index in [4.69, 9.17) is 12.2 Å². The highest BCUT2D eigenvalue weighted by Crippen LogP contribution is 2.25. The molecular weight excluding hydrogens is 350 g/mol. The zero-order valence-corrected chi connectivity index (χ0v) is 16.5. The fourth-order valence-electron chi connectivity index (χ4n) is 3.94. The number of amides is 1. The molecule has 25 heavy (non-hydrogen) atoms. The van der Waals surface area contributed by atoms with Crippen molar-refractivity contribution in [2.45, 2.75) is 76.4 Å². The molecule has 0 saturated heterocycles. The Balaban J connectivity index is 1.53. The van der Waals surface area contributed by atoms with Gasteiger partial charge in [-0.05, 0) is 49.3 Å². The molecule has 0 unspecified atom stereocenters. The van der Waals surface area contributed by atoms with E-state index in [1.165, 1.54) is 49.8 Å². The fraction of sp³-hybridized carbons (Fsp3) is 0.684. The summed E-state index contributed by atoms with van der Waals surface area (Å²) < 4.78 is 0. The van der Waals surface area contributed by atoms with E-state index >= 15 is 0 Å². The van der Waals surface area contributed by atoms with Crippen molar-refractivity contribution in [2.75, 3.05) is 6.54 Å². The molecule has 3 rings (SSSR count). The normalized spacial score (nSPS) is 18.9. The van der Waals surface area contributed by atoms with Crippen molar-refractivity contribution in [2.24, 2.45) is 0 Å². The van der Waals surface area contributed by atoms with Crippen LogP contribution in [0.4, 0.5) is 0 Å². The SMILES string of the molecule is O=C(CNC(=S)N(Cc1cccs1)C1CCCCC1)NC1CCCC1. The van der Waals surface area contributed by atoms with Crippen molar-refractivity contribution in [1.29, 1.82) is 0 Å². The summed E-state index contributed by atoms with van der Waals surface area (Å²) in [6, 6.07) is 5.11. The summed E-state index contributed by atoms with van der Waals surface area (Å²) in [7, 11) is 0. The van der Waals surface area contributed by atoms with Gasteiger partial charge in [-0.25, -0.2) is 0 Å². The van der Waals surface area contributed by atoms with Crippen LogP contribution in [0.25, 0.3) is 0 Å². The van der Waals surface area contributed by atoms with Gasteiger partial charge in [0.15, 0.2) is 5.11 Å². The van der Waals surface area contributed by atoms with Gasteiger partial charge in [-0.3, -0.25) is 4.79 Å². The monoisotopic (exact) mass is 379 g/mol. The predicted octanol–water partition coefficient (Wildman–Crippen LogP) is 3.82. The molecule has 2 aliphatic carbocycles. The Morgan fingerprint density at radius 1 is 1.16 bits per heavy atom. The van der Waals surface area contributed by atoms with Crippen LogP contribution in [-0.4, -0.2) is 34.5 Å². The minimum Gasteiger partial charge on any atom is -0.353 e. The Labute approximate surface area is 160 Å². The second kappa shape index (κ2) is 9.53. The summed E-state index contributed by atoms with van der Waals surface area (Å²) in [5, 5.41) is 9.17. The number of nitrogens with zero attached hydrogens (tertiary/aromatic N) is 1. The van der Waals surface area contributed by atoms with E-state index in [-0.39, 0.29) is 12.5 Å². The number of carbonyl (C=O) groups is 1. The van der Waals surface area contributed by atoms with E-state index in [1.54, 1.807) is 11.3 Å². The minimum absolute atomic E-state index is 0.0639. The van der Waals surface area contributed by atoms with Crippen molar-refractivity contribution >= 4 is 34.6 Å². The van der Waals surface area contributed by atoms with Gasteiger partial charge in [0.05, 0.1) is 13.1 Å². The lowest BCUT2D eigenvalue weighted by Gasteiger charge is -2.36. The molecule has 0 aromatic carbocycles. The summed E-state index contributed by atoms with van der Waals surface area (Å²) in [6.45, 7) is 1.13. The third-order valence-corrected chi connectivity index (χ3v) is 6.54. The van der Waals surface area contributed by atoms with Crippen LogP contribution in [0.1, 0.15) is 62.7 Å². The molecule has 0 atom stereocenters. The lowest BCUT2D eigenvalue weighted by Crippen LogP contribution is -2.49. The minimum atomic E-state index is 0.0639. The van der Waals surface area contributed by atoms with Crippen LogP contribution in [0.15, 0.2) is 17.5 Å². The van der Waals surface area contributed by atoms with E-state index in [1.807, 2.05) is 0 Å². The largest absolute Gasteiger partial charge is 0.353 e. The highest BCUT2D eigenvalue weighted by Gasteiger charge is 2.24. The molecule has 2 saturated carbocycles. The molecule has 1 heterocycles. The average Bonchev–Trinajstić information content (AvgIpc) is 3.32. The van der Waals surface area contributed by atoms with Crippen LogP contribution in [-0.2, 0) is 11.3 Å². The lowest BCUT2D eigenvalue weighted by molar-refractivity contribution is -0.120. The second-order valence-corrected chi connectivity index (χ2v) is 8.63. The quantitative estimate of drug-likeness (QED) is 0.738. The first-order valence-corrected chi connectivity index (χ1v) is 10.9. The van der Waals surface area contributed by atoms with Crippen molar-refractivity contribution in [3.8, 4) is 0 Å². The third-order valence-electron chi connectivity index (χ3n) is 5.30. The standard InChI is InChI=1S/C19H29N3OS2/c23-18(21-15-7-4-5-8-15)13-20-19(24)22(14-17-11-6-12-25-17)16-9-2-1-3-10-16/h6,11-12,15-16H,1-5,7-10,13-14H2,(H,20,24)(H,21,23). The zero-order valence-electron chi connectivity index (χ0n) is 14.8. The van der Waals surface area contributed by atoms with Crippen LogP contribution in [0, 0.1) is 0 Å². The van der Waals surface area contributed by atoms with Gasteiger partial charge in [-0.1, -0.05) is 38.2 Å². The molecule has 138 valence electrons. The van der Waals surface area contributed by atoms with E-state index in [2.05, 4.69) is 33.0 Å². The molecule has 4 nitrogen and oxygen atoms in total. The molecule has 0 spiro atoms. The Morgan fingerprint density at radius 3 is 2.56 bits per heavy atom. The molecule has 2 aliphatic rings. The molecule has 1 aromatic heterocycles. The maximum Gasteiger partial charge on any atom is 0.239 e. The molecule has 0 bridgehead atoms. The maximum atomic E-state index is 12.2. The Kier molecular flexibility index (Phi) is 7.11. The van der Waals surface area contributed by atoms with Gasteiger partial charge in [-0.2, -0.15) is 0 Å². The molecule has 2 fully saturated rings. The Bertz CT molecular complexity index is 549. The number of thiophene rings is 1. The number of hydrogen-bond acceptors (Lipinski definition) is 3. The predicted molar refractivity (Wildman–Crippen MR) is 108 cm³/mol. The van der Waals surface area contributed by atoms with Crippen LogP contribution in [0.3, 0.4) is 0 Å². The van der Waals surface area contributed by atoms with Gasteiger partial charge in [0, 0.05) is 17.0 Å².